The Kier molecular flexibility index (Phi) is 4.40. The number of hydrogen-bond donors (Lipinski definition) is 2. The minimum Gasteiger partial charge on any atom is -0.339 e. The van der Waals surface area contributed by atoms with Crippen LogP contribution in [0, 0.1) is 17.2 Å². The Bertz CT molecular complexity index is 1020. The van der Waals surface area contributed by atoms with Gasteiger partial charge < -0.3 is 10.6 Å². The number of amides is 2. The second-order valence-corrected chi connectivity index (χ2v) is 8.29. The third-order valence-electron chi connectivity index (χ3n) is 6.47. The van der Waals surface area contributed by atoms with E-state index in [0.717, 1.165) is 36.1 Å². The minimum atomic E-state index is -0.628. The van der Waals surface area contributed by atoms with Crippen LogP contribution in [0.25, 0.3) is 0 Å². The van der Waals surface area contributed by atoms with Crippen LogP contribution < -0.4 is 10.6 Å². The molecule has 6 heteroatoms. The van der Waals surface area contributed by atoms with Crippen molar-refractivity contribution in [1.82, 2.24) is 10.6 Å². The Balaban J connectivity index is 1.31. The third-order valence-corrected chi connectivity index (χ3v) is 6.47. The molecule has 0 spiro atoms. The van der Waals surface area contributed by atoms with Crippen LogP contribution in [0.1, 0.15) is 46.7 Å². The van der Waals surface area contributed by atoms with Crippen molar-refractivity contribution in [2.45, 2.75) is 49.7 Å². The zero-order valence-electron chi connectivity index (χ0n) is 16.0. The number of carbonyl (C=O) groups is 2. The number of nitriles is 1. The van der Waals surface area contributed by atoms with E-state index in [1.54, 1.807) is 0 Å². The van der Waals surface area contributed by atoms with Crippen LogP contribution >= 0.6 is 0 Å². The molecular formula is C23H22N4O2. The fourth-order valence-electron chi connectivity index (χ4n) is 5.04. The summed E-state index contributed by atoms with van der Waals surface area (Å²) in [6.45, 7) is 0. The van der Waals surface area contributed by atoms with E-state index in [2.05, 4.69) is 21.7 Å². The first-order valence-electron chi connectivity index (χ1n) is 10.2. The monoisotopic (exact) mass is 386 g/mol. The zero-order valence-corrected chi connectivity index (χ0v) is 16.0. The number of carbonyl (C=O) groups excluding carboxylic acids is 2. The van der Waals surface area contributed by atoms with Crippen LogP contribution in [0.3, 0.4) is 0 Å². The molecule has 2 heterocycles. The van der Waals surface area contributed by atoms with E-state index in [1.807, 2.05) is 42.5 Å². The van der Waals surface area contributed by atoms with Crippen molar-refractivity contribution in [3.05, 3.63) is 59.2 Å². The highest BCUT2D eigenvalue weighted by Gasteiger charge is 2.43. The quantitative estimate of drug-likeness (QED) is 0.829. The van der Waals surface area contributed by atoms with Crippen LogP contribution in [-0.2, 0) is 11.2 Å². The fraction of sp³-hybridized carbons (Fsp3) is 0.391. The van der Waals surface area contributed by atoms with Crippen molar-refractivity contribution >= 4 is 17.5 Å². The molecule has 1 aromatic carbocycles. The molecule has 4 aliphatic rings. The third kappa shape index (κ3) is 3.22. The molecule has 5 atom stereocenters. The van der Waals surface area contributed by atoms with Gasteiger partial charge in [0.15, 0.2) is 0 Å². The van der Waals surface area contributed by atoms with E-state index >= 15 is 0 Å². The Hall–Kier alpha value is -3.04. The van der Waals surface area contributed by atoms with Gasteiger partial charge in [-0.05, 0) is 48.4 Å². The molecule has 1 saturated heterocycles. The molecule has 2 unspecified atom stereocenters. The van der Waals surface area contributed by atoms with Crippen molar-refractivity contribution < 1.29 is 9.59 Å². The molecule has 5 rings (SSSR count). The summed E-state index contributed by atoms with van der Waals surface area (Å²) in [5.41, 5.74) is 3.12. The van der Waals surface area contributed by atoms with E-state index in [9.17, 15) is 14.9 Å². The molecule has 2 bridgehead atoms. The smallest absolute Gasteiger partial charge is 0.277 e. The molecule has 2 aliphatic heterocycles. The molecule has 6 nitrogen and oxygen atoms in total. The van der Waals surface area contributed by atoms with Crippen molar-refractivity contribution in [3.8, 4) is 6.07 Å². The largest absolute Gasteiger partial charge is 0.339 e. The number of hydrogen-bond acceptors (Lipinski definition) is 4. The van der Waals surface area contributed by atoms with Crippen LogP contribution in [0.15, 0.2) is 47.5 Å². The number of nitrogens with one attached hydrogen (secondary N) is 2. The summed E-state index contributed by atoms with van der Waals surface area (Å²) in [6, 6.07) is 7.52. The van der Waals surface area contributed by atoms with E-state index < -0.39 is 6.04 Å². The summed E-state index contributed by atoms with van der Waals surface area (Å²) >= 11 is 0. The van der Waals surface area contributed by atoms with Crippen LogP contribution in [0.2, 0.25) is 0 Å². The van der Waals surface area contributed by atoms with Gasteiger partial charge in [0.05, 0.1) is 17.8 Å². The van der Waals surface area contributed by atoms with Gasteiger partial charge in [-0.1, -0.05) is 30.4 Å². The number of nitrogens with zero attached hydrogens (tertiary/aromatic N) is 2. The van der Waals surface area contributed by atoms with Crippen molar-refractivity contribution in [2.24, 2.45) is 10.9 Å². The number of rotatable bonds is 4. The highest BCUT2D eigenvalue weighted by Crippen LogP contribution is 2.35. The topological polar surface area (TPSA) is 94.3 Å². The predicted molar refractivity (Wildman–Crippen MR) is 109 cm³/mol. The SMILES string of the molecule is N#CC(Cc1ccc2c(c1)C(=O)N=C1C=CC=CC12)NC(=O)[C@H]1N[C@@H]2CC[C@H]1C2. The molecule has 2 amide bonds. The first kappa shape index (κ1) is 18.0. The molecule has 146 valence electrons. The fourth-order valence-corrected chi connectivity index (χ4v) is 5.04. The first-order valence-corrected chi connectivity index (χ1v) is 10.2. The van der Waals surface area contributed by atoms with Gasteiger partial charge in [-0.15, -0.1) is 0 Å². The summed E-state index contributed by atoms with van der Waals surface area (Å²) in [7, 11) is 0. The van der Waals surface area contributed by atoms with Gasteiger partial charge in [0.2, 0.25) is 5.91 Å². The van der Waals surface area contributed by atoms with Gasteiger partial charge in [0.1, 0.15) is 6.04 Å². The summed E-state index contributed by atoms with van der Waals surface area (Å²) in [5, 5.41) is 15.8. The second-order valence-electron chi connectivity index (χ2n) is 8.29. The van der Waals surface area contributed by atoms with Crippen LogP contribution in [-0.4, -0.2) is 35.7 Å². The van der Waals surface area contributed by atoms with E-state index in [-0.39, 0.29) is 23.8 Å². The summed E-state index contributed by atoms with van der Waals surface area (Å²) in [5.74, 6) is 0.0328. The first-order chi connectivity index (χ1) is 14.1. The highest BCUT2D eigenvalue weighted by atomic mass is 16.2. The predicted octanol–water partition coefficient (Wildman–Crippen LogP) is 2.18. The van der Waals surface area contributed by atoms with Crippen LogP contribution in [0.5, 0.6) is 0 Å². The number of fused-ring (bicyclic) bond motifs is 5. The Morgan fingerprint density at radius 1 is 1.34 bits per heavy atom. The lowest BCUT2D eigenvalue weighted by Crippen LogP contribution is -2.50. The molecule has 2 fully saturated rings. The average molecular weight is 386 g/mol. The summed E-state index contributed by atoms with van der Waals surface area (Å²) < 4.78 is 0. The van der Waals surface area contributed by atoms with Gasteiger partial charge in [-0.3, -0.25) is 9.59 Å². The number of benzene rings is 1. The Morgan fingerprint density at radius 2 is 2.24 bits per heavy atom. The average Bonchev–Trinajstić information content (AvgIpc) is 3.37. The van der Waals surface area contributed by atoms with Crippen molar-refractivity contribution in [2.75, 3.05) is 0 Å². The van der Waals surface area contributed by atoms with E-state index in [4.69, 9.17) is 0 Å². The maximum Gasteiger partial charge on any atom is 0.277 e. The maximum absolute atomic E-state index is 12.6. The molecule has 1 saturated carbocycles. The number of piperidine rings is 1. The van der Waals surface area contributed by atoms with Crippen molar-refractivity contribution in [1.29, 1.82) is 5.26 Å². The van der Waals surface area contributed by atoms with E-state index in [1.165, 1.54) is 0 Å². The molecular weight excluding hydrogens is 364 g/mol. The number of allylic oxidation sites excluding steroid dienone is 4. The van der Waals surface area contributed by atoms with Gasteiger partial charge in [-0.2, -0.15) is 5.26 Å². The molecule has 2 N–H and O–H groups in total. The van der Waals surface area contributed by atoms with Gasteiger partial charge in [0.25, 0.3) is 5.91 Å². The highest BCUT2D eigenvalue weighted by molar-refractivity contribution is 6.16. The molecule has 2 aliphatic carbocycles. The lowest BCUT2D eigenvalue weighted by molar-refractivity contribution is -0.124. The summed E-state index contributed by atoms with van der Waals surface area (Å²) in [6.07, 6.45) is 11.4. The molecule has 29 heavy (non-hydrogen) atoms. The Morgan fingerprint density at radius 3 is 3.00 bits per heavy atom. The summed E-state index contributed by atoms with van der Waals surface area (Å²) in [4.78, 5) is 29.3. The van der Waals surface area contributed by atoms with Crippen LogP contribution in [0.4, 0.5) is 0 Å². The lowest BCUT2D eigenvalue weighted by atomic mass is 9.84. The van der Waals surface area contributed by atoms with E-state index in [0.29, 0.717) is 23.9 Å². The maximum atomic E-state index is 12.6. The Labute approximate surface area is 169 Å². The normalized spacial score (nSPS) is 29.6. The second kappa shape index (κ2) is 7.09. The number of aliphatic imine (C=N–C) groups is 1. The standard InChI is InChI=1S/C23H22N4O2/c24-12-16(26-23(29)21-14-6-7-15(11-14)25-21)9-13-5-8-17-18-3-1-2-4-20(18)27-22(28)19(17)10-13/h1-5,8,10,14-16,18,21,25H,6-7,9,11H2,(H,26,29)/t14-,15+,16?,18?,21-/m0/s1. The van der Waals surface area contributed by atoms with Gasteiger partial charge >= 0.3 is 0 Å². The molecule has 0 radical (unpaired) electrons. The minimum absolute atomic E-state index is 0.00270. The lowest BCUT2D eigenvalue weighted by Gasteiger charge is -2.25. The van der Waals surface area contributed by atoms with Crippen molar-refractivity contribution in [3.63, 3.8) is 0 Å². The zero-order chi connectivity index (χ0) is 20.0. The molecule has 0 aromatic heterocycles. The van der Waals surface area contributed by atoms with Gasteiger partial charge in [0, 0.05) is 23.9 Å². The molecule has 1 aromatic rings. The van der Waals surface area contributed by atoms with Gasteiger partial charge in [-0.25, -0.2) is 4.99 Å².